The molecule has 0 spiro atoms. The smallest absolute Gasteiger partial charge is 0.323 e. The Labute approximate surface area is 127 Å². The number of methoxy groups -OCH3 is 1. The highest BCUT2D eigenvalue weighted by Crippen LogP contribution is 2.19. The summed E-state index contributed by atoms with van der Waals surface area (Å²) < 4.78 is 17.7. The van der Waals surface area contributed by atoms with Crippen molar-refractivity contribution in [2.75, 3.05) is 19.0 Å². The molecule has 1 amide bonds. The first-order valence-electron chi connectivity index (χ1n) is 6.41. The van der Waals surface area contributed by atoms with E-state index in [0.717, 1.165) is 6.07 Å². The van der Waals surface area contributed by atoms with Crippen LogP contribution in [0.4, 0.5) is 10.1 Å². The zero-order chi connectivity index (χ0) is 16.0. The molecule has 21 heavy (non-hydrogen) atoms. The highest BCUT2D eigenvalue weighted by Gasteiger charge is 2.23. The fourth-order valence-corrected chi connectivity index (χ4v) is 1.88. The molecule has 0 aliphatic heterocycles. The van der Waals surface area contributed by atoms with E-state index in [2.05, 4.69) is 15.4 Å². The fraction of sp³-hybridized carbons (Fsp3) is 0.429. The van der Waals surface area contributed by atoms with Crippen molar-refractivity contribution in [2.45, 2.75) is 19.9 Å². The lowest BCUT2D eigenvalue weighted by Gasteiger charge is -2.19. The van der Waals surface area contributed by atoms with Gasteiger partial charge in [-0.3, -0.25) is 14.9 Å². The Bertz CT molecular complexity index is 523. The second kappa shape index (κ2) is 7.95. The molecule has 0 saturated heterocycles. The zero-order valence-corrected chi connectivity index (χ0v) is 12.8. The molecule has 1 aromatic rings. The Kier molecular flexibility index (Phi) is 6.58. The third kappa shape index (κ3) is 5.32. The summed E-state index contributed by atoms with van der Waals surface area (Å²) in [6, 6.07) is 3.31. The van der Waals surface area contributed by atoms with Gasteiger partial charge >= 0.3 is 5.97 Å². The molecule has 0 aliphatic rings. The van der Waals surface area contributed by atoms with Gasteiger partial charge < -0.3 is 10.1 Å². The van der Waals surface area contributed by atoms with Gasteiger partial charge in [0.15, 0.2) is 0 Å². The average molecular weight is 317 g/mol. The molecule has 0 saturated carbocycles. The average Bonchev–Trinajstić information content (AvgIpc) is 2.42. The minimum absolute atomic E-state index is 0.0227. The summed E-state index contributed by atoms with van der Waals surface area (Å²) in [6.45, 7) is 3.60. The summed E-state index contributed by atoms with van der Waals surface area (Å²) in [5.41, 5.74) is 0.382. The molecule has 2 N–H and O–H groups in total. The van der Waals surface area contributed by atoms with Crippen LogP contribution in [0.3, 0.4) is 0 Å². The highest BCUT2D eigenvalue weighted by molar-refractivity contribution is 6.31. The van der Waals surface area contributed by atoms with E-state index in [1.165, 1.54) is 19.2 Å². The Morgan fingerprint density at radius 3 is 2.57 bits per heavy atom. The topological polar surface area (TPSA) is 67.4 Å². The predicted octanol–water partition coefficient (Wildman–Crippen LogP) is 2.20. The van der Waals surface area contributed by atoms with Gasteiger partial charge in [0.1, 0.15) is 11.9 Å². The van der Waals surface area contributed by atoms with Crippen LogP contribution in [0.2, 0.25) is 5.02 Å². The van der Waals surface area contributed by atoms with Crippen LogP contribution < -0.4 is 10.6 Å². The lowest BCUT2D eigenvalue weighted by Crippen LogP contribution is -2.45. The van der Waals surface area contributed by atoms with Gasteiger partial charge in [0.2, 0.25) is 5.91 Å². The first-order chi connectivity index (χ1) is 9.85. The minimum Gasteiger partial charge on any atom is -0.468 e. The van der Waals surface area contributed by atoms with Gasteiger partial charge in [-0.1, -0.05) is 25.4 Å². The number of carbonyl (C=O) groups excluding carboxylic acids is 2. The molecular weight excluding hydrogens is 299 g/mol. The van der Waals surface area contributed by atoms with Crippen molar-refractivity contribution in [3.8, 4) is 0 Å². The Morgan fingerprint density at radius 1 is 1.38 bits per heavy atom. The molecule has 0 aliphatic carbocycles. The minimum atomic E-state index is -0.572. The Hall–Kier alpha value is -1.66. The second-order valence-corrected chi connectivity index (χ2v) is 5.21. The SMILES string of the molecule is COC(=O)C(NCC(=O)Nc1ccc(F)c(Cl)c1)C(C)C. The summed E-state index contributed by atoms with van der Waals surface area (Å²) in [5, 5.41) is 5.31. The van der Waals surface area contributed by atoms with Crippen LogP contribution in [0, 0.1) is 11.7 Å². The number of benzene rings is 1. The largest absolute Gasteiger partial charge is 0.468 e. The van der Waals surface area contributed by atoms with E-state index >= 15 is 0 Å². The van der Waals surface area contributed by atoms with Gasteiger partial charge in [-0.25, -0.2) is 4.39 Å². The van der Waals surface area contributed by atoms with Gasteiger partial charge in [-0.05, 0) is 24.1 Å². The van der Waals surface area contributed by atoms with Crippen LogP contribution in [-0.4, -0.2) is 31.6 Å². The molecule has 0 bridgehead atoms. The van der Waals surface area contributed by atoms with Gasteiger partial charge in [-0.2, -0.15) is 0 Å². The van der Waals surface area contributed by atoms with Gasteiger partial charge in [0, 0.05) is 5.69 Å². The number of amides is 1. The Morgan fingerprint density at radius 2 is 2.05 bits per heavy atom. The monoisotopic (exact) mass is 316 g/mol. The van der Waals surface area contributed by atoms with Crippen molar-refractivity contribution in [3.05, 3.63) is 29.0 Å². The number of nitrogens with one attached hydrogen (secondary N) is 2. The Balaban J connectivity index is 2.56. The number of carbonyl (C=O) groups is 2. The lowest BCUT2D eigenvalue weighted by atomic mass is 10.0. The summed E-state index contributed by atoms with van der Waals surface area (Å²) in [5.74, 6) is -1.38. The van der Waals surface area contributed by atoms with Crippen molar-refractivity contribution < 1.29 is 18.7 Å². The highest BCUT2D eigenvalue weighted by atomic mass is 35.5. The number of hydrogen-bond donors (Lipinski definition) is 2. The molecule has 0 heterocycles. The molecule has 1 unspecified atom stereocenters. The standard InChI is InChI=1S/C14H18ClFN2O3/c1-8(2)13(14(20)21-3)17-7-12(19)18-9-4-5-11(16)10(15)6-9/h4-6,8,13,17H,7H2,1-3H3,(H,18,19). The van der Waals surface area contributed by atoms with Crippen molar-refractivity contribution in [3.63, 3.8) is 0 Å². The van der Waals surface area contributed by atoms with Gasteiger partial charge in [0.05, 0.1) is 18.7 Å². The molecule has 0 aromatic heterocycles. The molecule has 116 valence electrons. The molecule has 1 rings (SSSR count). The number of anilines is 1. The fourth-order valence-electron chi connectivity index (χ4n) is 1.70. The van der Waals surface area contributed by atoms with Crippen LogP contribution in [0.25, 0.3) is 0 Å². The molecule has 0 fully saturated rings. The van der Waals surface area contributed by atoms with Crippen LogP contribution in [0.15, 0.2) is 18.2 Å². The predicted molar refractivity (Wildman–Crippen MR) is 78.7 cm³/mol. The molecule has 1 atom stereocenters. The van der Waals surface area contributed by atoms with Crippen molar-refractivity contribution in [1.29, 1.82) is 0 Å². The molecule has 0 radical (unpaired) electrons. The number of ether oxygens (including phenoxy) is 1. The van der Waals surface area contributed by atoms with Gasteiger partial charge in [-0.15, -0.1) is 0 Å². The van der Waals surface area contributed by atoms with E-state index in [-0.39, 0.29) is 23.4 Å². The van der Waals surface area contributed by atoms with Crippen molar-refractivity contribution in [2.24, 2.45) is 5.92 Å². The first kappa shape index (κ1) is 17.4. The van der Waals surface area contributed by atoms with E-state index in [4.69, 9.17) is 11.6 Å². The van der Waals surface area contributed by atoms with Crippen LogP contribution in [0.1, 0.15) is 13.8 Å². The maximum Gasteiger partial charge on any atom is 0.323 e. The van der Waals surface area contributed by atoms with E-state index < -0.39 is 17.8 Å². The summed E-state index contributed by atoms with van der Waals surface area (Å²) in [4.78, 5) is 23.3. The van der Waals surface area contributed by atoms with Crippen LogP contribution in [-0.2, 0) is 14.3 Å². The second-order valence-electron chi connectivity index (χ2n) is 4.80. The lowest BCUT2D eigenvalue weighted by molar-refractivity contribution is -0.144. The van der Waals surface area contributed by atoms with E-state index in [1.807, 2.05) is 13.8 Å². The van der Waals surface area contributed by atoms with E-state index in [1.54, 1.807) is 0 Å². The van der Waals surface area contributed by atoms with Crippen LogP contribution in [0.5, 0.6) is 0 Å². The number of esters is 1. The van der Waals surface area contributed by atoms with Crippen molar-refractivity contribution >= 4 is 29.2 Å². The number of rotatable bonds is 6. The molecule has 1 aromatic carbocycles. The summed E-state index contributed by atoms with van der Waals surface area (Å²) >= 11 is 5.62. The maximum atomic E-state index is 13.0. The quantitative estimate of drug-likeness (QED) is 0.790. The molecule has 7 heteroatoms. The third-order valence-corrected chi connectivity index (χ3v) is 3.10. The number of halogens is 2. The van der Waals surface area contributed by atoms with Gasteiger partial charge in [0.25, 0.3) is 0 Å². The van der Waals surface area contributed by atoms with Crippen molar-refractivity contribution in [1.82, 2.24) is 5.32 Å². The maximum absolute atomic E-state index is 13.0. The summed E-state index contributed by atoms with van der Waals surface area (Å²) in [6.07, 6.45) is 0. The zero-order valence-electron chi connectivity index (χ0n) is 12.1. The van der Waals surface area contributed by atoms with E-state index in [9.17, 15) is 14.0 Å². The third-order valence-electron chi connectivity index (χ3n) is 2.81. The number of hydrogen-bond acceptors (Lipinski definition) is 4. The first-order valence-corrected chi connectivity index (χ1v) is 6.79. The van der Waals surface area contributed by atoms with E-state index in [0.29, 0.717) is 5.69 Å². The summed E-state index contributed by atoms with van der Waals surface area (Å²) in [7, 11) is 1.29. The normalized spacial score (nSPS) is 12.1. The van der Waals surface area contributed by atoms with Crippen LogP contribution >= 0.6 is 11.6 Å². The molecular formula is C14H18ClFN2O3. The molecule has 5 nitrogen and oxygen atoms in total.